The molecule has 0 radical (unpaired) electrons. The molecule has 386 valence electrons. The number of carbonyl (C=O) groups excluding carboxylic acids is 3. The third-order valence-corrected chi connectivity index (χ3v) is 13.5. The molecule has 0 unspecified atom stereocenters. The second-order valence-electron chi connectivity index (χ2n) is 21.2. The van der Waals surface area contributed by atoms with Gasteiger partial charge in [-0.05, 0) is 31.1 Å². The smallest absolute Gasteiger partial charge is 0.306 e. The average molecular weight is 920 g/mol. The van der Waals surface area contributed by atoms with Crippen molar-refractivity contribution >= 4 is 17.9 Å². The summed E-state index contributed by atoms with van der Waals surface area (Å²) in [7, 11) is 0. The minimum atomic E-state index is -0.763. The number of unbranched alkanes of at least 4 members (excludes halogenated alkanes) is 38. The van der Waals surface area contributed by atoms with Gasteiger partial charge in [0, 0.05) is 19.3 Å². The van der Waals surface area contributed by atoms with Crippen molar-refractivity contribution < 1.29 is 28.6 Å². The molecular weight excluding hydrogens is 805 g/mol. The van der Waals surface area contributed by atoms with E-state index in [4.69, 9.17) is 14.2 Å². The quantitative estimate of drug-likeness (QED) is 0.0344. The summed E-state index contributed by atoms with van der Waals surface area (Å²) in [5.41, 5.74) is 0. The summed E-state index contributed by atoms with van der Waals surface area (Å²) in [6.07, 6.45) is 55.2. The second-order valence-corrected chi connectivity index (χ2v) is 21.2. The van der Waals surface area contributed by atoms with Crippen LogP contribution in [0.1, 0.15) is 330 Å². The minimum Gasteiger partial charge on any atom is -0.462 e. The van der Waals surface area contributed by atoms with Crippen LogP contribution in [-0.2, 0) is 28.6 Å². The molecule has 0 fully saturated rings. The molecule has 6 heteroatoms. The van der Waals surface area contributed by atoms with Gasteiger partial charge in [-0.2, -0.15) is 0 Å². The van der Waals surface area contributed by atoms with Gasteiger partial charge in [-0.1, -0.05) is 291 Å². The fraction of sp³-hybridized carbons (Fsp3) is 0.949. The molecule has 1 atom stereocenters. The molecule has 0 heterocycles. The molecular formula is C59H114O6. The highest BCUT2D eigenvalue weighted by molar-refractivity contribution is 5.71. The summed E-state index contributed by atoms with van der Waals surface area (Å²) in [6.45, 7) is 11.4. The summed E-state index contributed by atoms with van der Waals surface area (Å²) >= 11 is 0. The lowest BCUT2D eigenvalue weighted by Gasteiger charge is -2.18. The number of hydrogen-bond donors (Lipinski definition) is 0. The van der Waals surface area contributed by atoms with Crippen LogP contribution in [0.3, 0.4) is 0 Å². The standard InChI is InChI=1S/C59H114O6/c1-6-7-8-9-10-11-12-13-14-15-16-17-24-29-34-39-44-49-57(60)63-52-56(65-59(62)51-46-41-36-31-26-21-19-23-28-33-38-43-48-55(4)5)53-64-58(61)50-45-40-35-30-25-20-18-22-27-32-37-42-47-54(2)3/h54-56H,6-53H2,1-5H3/t56-/m1/s1. The average Bonchev–Trinajstić information content (AvgIpc) is 3.28. The van der Waals surface area contributed by atoms with E-state index >= 15 is 0 Å². The highest BCUT2D eigenvalue weighted by atomic mass is 16.6. The van der Waals surface area contributed by atoms with Gasteiger partial charge >= 0.3 is 17.9 Å². The summed E-state index contributed by atoms with van der Waals surface area (Å²) in [5, 5.41) is 0. The van der Waals surface area contributed by atoms with Gasteiger partial charge in [-0.3, -0.25) is 14.4 Å². The molecule has 0 aliphatic carbocycles. The molecule has 65 heavy (non-hydrogen) atoms. The number of esters is 3. The van der Waals surface area contributed by atoms with Gasteiger partial charge in [0.1, 0.15) is 13.2 Å². The SMILES string of the molecule is CCCCCCCCCCCCCCCCCCCC(=O)OC[C@H](COC(=O)CCCCCCCCCCCCCCC(C)C)OC(=O)CCCCCCCCCCCCCCC(C)C. The van der Waals surface area contributed by atoms with Gasteiger partial charge in [0.15, 0.2) is 6.10 Å². The Labute approximate surface area is 406 Å². The molecule has 0 aliphatic heterocycles. The Morgan fingerprint density at radius 2 is 0.508 bits per heavy atom. The van der Waals surface area contributed by atoms with Crippen LogP contribution >= 0.6 is 0 Å². The first kappa shape index (κ1) is 63.4. The highest BCUT2D eigenvalue weighted by Crippen LogP contribution is 2.18. The van der Waals surface area contributed by atoms with Crippen LogP contribution in [0.2, 0.25) is 0 Å². The molecule has 0 bridgehead atoms. The Kier molecular flexibility index (Phi) is 50.5. The summed E-state index contributed by atoms with van der Waals surface area (Å²) in [5.74, 6) is 0.827. The van der Waals surface area contributed by atoms with Crippen LogP contribution < -0.4 is 0 Å². The zero-order valence-electron chi connectivity index (χ0n) is 44.6. The zero-order chi connectivity index (χ0) is 47.5. The molecule has 6 nitrogen and oxygen atoms in total. The first-order valence-corrected chi connectivity index (χ1v) is 29.2. The lowest BCUT2D eigenvalue weighted by molar-refractivity contribution is -0.167. The Morgan fingerprint density at radius 3 is 0.754 bits per heavy atom. The molecule has 0 aromatic heterocycles. The molecule has 0 aromatic carbocycles. The molecule has 0 N–H and O–H groups in total. The van der Waals surface area contributed by atoms with E-state index in [-0.39, 0.29) is 31.1 Å². The minimum absolute atomic E-state index is 0.0626. The molecule has 0 rings (SSSR count). The van der Waals surface area contributed by atoms with E-state index in [1.807, 2.05) is 0 Å². The topological polar surface area (TPSA) is 78.9 Å². The summed E-state index contributed by atoms with van der Waals surface area (Å²) in [6, 6.07) is 0. The summed E-state index contributed by atoms with van der Waals surface area (Å²) in [4.78, 5) is 38.2. The van der Waals surface area contributed by atoms with E-state index in [1.54, 1.807) is 0 Å². The van der Waals surface area contributed by atoms with Crippen LogP contribution in [0.25, 0.3) is 0 Å². The number of ether oxygens (including phenoxy) is 3. The van der Waals surface area contributed by atoms with Crippen molar-refractivity contribution in [2.75, 3.05) is 13.2 Å². The van der Waals surface area contributed by atoms with Crippen molar-refractivity contribution in [3.05, 3.63) is 0 Å². The van der Waals surface area contributed by atoms with E-state index < -0.39 is 6.10 Å². The summed E-state index contributed by atoms with van der Waals surface area (Å²) < 4.78 is 16.9. The van der Waals surface area contributed by atoms with E-state index in [1.165, 1.54) is 218 Å². The van der Waals surface area contributed by atoms with Crippen LogP contribution in [0.15, 0.2) is 0 Å². The van der Waals surface area contributed by atoms with Crippen molar-refractivity contribution in [1.29, 1.82) is 0 Å². The second kappa shape index (κ2) is 51.8. The van der Waals surface area contributed by atoms with Crippen molar-refractivity contribution in [3.8, 4) is 0 Å². The van der Waals surface area contributed by atoms with Crippen LogP contribution in [0.4, 0.5) is 0 Å². The molecule has 0 aromatic rings. The molecule has 0 spiro atoms. The van der Waals surface area contributed by atoms with Gasteiger partial charge in [-0.25, -0.2) is 0 Å². The number of carbonyl (C=O) groups is 3. The number of hydrogen-bond acceptors (Lipinski definition) is 6. The predicted octanol–water partition coefficient (Wildman–Crippen LogP) is 19.3. The zero-order valence-corrected chi connectivity index (χ0v) is 44.6. The maximum atomic E-state index is 12.8. The van der Waals surface area contributed by atoms with Crippen molar-refractivity contribution in [2.24, 2.45) is 11.8 Å². The third kappa shape index (κ3) is 53.2. The lowest BCUT2D eigenvalue weighted by Crippen LogP contribution is -2.30. The maximum Gasteiger partial charge on any atom is 0.306 e. The number of rotatable bonds is 53. The third-order valence-electron chi connectivity index (χ3n) is 13.5. The fourth-order valence-electron chi connectivity index (χ4n) is 9.05. The van der Waals surface area contributed by atoms with Gasteiger partial charge in [0.25, 0.3) is 0 Å². The monoisotopic (exact) mass is 919 g/mol. The van der Waals surface area contributed by atoms with Crippen molar-refractivity contribution in [1.82, 2.24) is 0 Å². The Balaban J connectivity index is 4.30. The predicted molar refractivity (Wildman–Crippen MR) is 280 cm³/mol. The largest absolute Gasteiger partial charge is 0.462 e. The van der Waals surface area contributed by atoms with Crippen LogP contribution in [0, 0.1) is 11.8 Å². The Bertz CT molecular complexity index is 993. The van der Waals surface area contributed by atoms with Crippen molar-refractivity contribution in [2.45, 2.75) is 336 Å². The van der Waals surface area contributed by atoms with Crippen LogP contribution in [-0.4, -0.2) is 37.2 Å². The molecule has 0 saturated heterocycles. The van der Waals surface area contributed by atoms with E-state index in [0.29, 0.717) is 19.3 Å². The van der Waals surface area contributed by atoms with E-state index in [9.17, 15) is 14.4 Å². The first-order valence-electron chi connectivity index (χ1n) is 29.2. The lowest BCUT2D eigenvalue weighted by atomic mass is 10.0. The van der Waals surface area contributed by atoms with Gasteiger partial charge in [-0.15, -0.1) is 0 Å². The normalized spacial score (nSPS) is 12.0. The van der Waals surface area contributed by atoms with E-state index in [0.717, 1.165) is 69.6 Å². The van der Waals surface area contributed by atoms with Crippen LogP contribution in [0.5, 0.6) is 0 Å². The van der Waals surface area contributed by atoms with E-state index in [2.05, 4.69) is 34.6 Å². The molecule has 0 saturated carbocycles. The van der Waals surface area contributed by atoms with Crippen molar-refractivity contribution in [3.63, 3.8) is 0 Å². The van der Waals surface area contributed by atoms with Gasteiger partial charge in [0.2, 0.25) is 0 Å². The molecule has 0 amide bonds. The van der Waals surface area contributed by atoms with Gasteiger partial charge in [0.05, 0.1) is 0 Å². The first-order chi connectivity index (χ1) is 31.7. The maximum absolute atomic E-state index is 12.8. The Hall–Kier alpha value is -1.59. The van der Waals surface area contributed by atoms with Gasteiger partial charge < -0.3 is 14.2 Å². The highest BCUT2D eigenvalue weighted by Gasteiger charge is 2.19. The Morgan fingerprint density at radius 1 is 0.292 bits per heavy atom. The molecule has 0 aliphatic rings. The fourth-order valence-corrected chi connectivity index (χ4v) is 9.05.